The second-order valence-electron chi connectivity index (χ2n) is 6.94. The number of rotatable bonds is 6. The lowest BCUT2D eigenvalue weighted by molar-refractivity contribution is 0.0949. The predicted octanol–water partition coefficient (Wildman–Crippen LogP) is 3.69. The van der Waals surface area contributed by atoms with Crippen LogP contribution >= 0.6 is 0 Å². The van der Waals surface area contributed by atoms with Gasteiger partial charge in [0.1, 0.15) is 0 Å². The van der Waals surface area contributed by atoms with Gasteiger partial charge in [0.15, 0.2) is 5.69 Å². The van der Waals surface area contributed by atoms with E-state index in [9.17, 15) is 9.59 Å². The van der Waals surface area contributed by atoms with E-state index in [0.29, 0.717) is 23.2 Å². The van der Waals surface area contributed by atoms with E-state index in [1.165, 1.54) is 10.2 Å². The molecule has 0 atom stereocenters. The number of aromatic nitrogens is 2. The minimum absolute atomic E-state index is 0.191. The molecule has 0 aliphatic heterocycles. The highest BCUT2D eigenvalue weighted by molar-refractivity contribution is 6.04. The normalized spacial score (nSPS) is 11.4. The second kappa shape index (κ2) is 8.61. The number of carbonyl (C=O) groups is 1. The van der Waals surface area contributed by atoms with Crippen LogP contribution in [0.3, 0.4) is 0 Å². The first-order chi connectivity index (χ1) is 13.5. The lowest BCUT2D eigenvalue weighted by Gasteiger charge is -2.09. The van der Waals surface area contributed by atoms with E-state index in [2.05, 4.69) is 29.5 Å². The Morgan fingerprint density at radius 3 is 2.46 bits per heavy atom. The number of carbonyl (C=O) groups excluding carboxylic acids is 1. The van der Waals surface area contributed by atoms with E-state index in [4.69, 9.17) is 0 Å². The Labute approximate surface area is 163 Å². The van der Waals surface area contributed by atoms with E-state index in [-0.39, 0.29) is 11.3 Å². The Morgan fingerprint density at radius 2 is 1.82 bits per heavy atom. The van der Waals surface area contributed by atoms with Crippen LogP contribution in [0, 0.1) is 0 Å². The quantitative estimate of drug-likeness (QED) is 0.526. The molecule has 1 N–H and O–H groups in total. The van der Waals surface area contributed by atoms with Crippen molar-refractivity contribution in [3.05, 3.63) is 75.7 Å². The molecule has 1 heterocycles. The molecule has 28 heavy (non-hydrogen) atoms. The third kappa shape index (κ3) is 4.17. The van der Waals surface area contributed by atoms with Gasteiger partial charge in [0.05, 0.1) is 11.6 Å². The molecule has 1 aromatic heterocycles. The number of amides is 1. The van der Waals surface area contributed by atoms with Crippen LogP contribution in [0.25, 0.3) is 10.8 Å². The molecule has 0 spiro atoms. The largest absolute Gasteiger partial charge is 0.292 e. The van der Waals surface area contributed by atoms with Crippen LogP contribution in [0.1, 0.15) is 54.7 Å². The lowest BCUT2D eigenvalue weighted by Crippen LogP contribution is -2.29. The fourth-order valence-electron chi connectivity index (χ4n) is 2.95. The first-order valence-corrected chi connectivity index (χ1v) is 9.44. The van der Waals surface area contributed by atoms with Crippen molar-refractivity contribution in [3.8, 4) is 0 Å². The van der Waals surface area contributed by atoms with Gasteiger partial charge in [-0.25, -0.2) is 10.1 Å². The van der Waals surface area contributed by atoms with Gasteiger partial charge in [-0.1, -0.05) is 63.2 Å². The van der Waals surface area contributed by atoms with Crippen molar-refractivity contribution in [1.82, 2.24) is 15.2 Å². The maximum Gasteiger partial charge on any atom is 0.292 e. The molecule has 1 amide bonds. The number of hydrazone groups is 1. The van der Waals surface area contributed by atoms with Crippen molar-refractivity contribution >= 4 is 22.9 Å². The summed E-state index contributed by atoms with van der Waals surface area (Å²) in [5.74, 6) is 0.0138. The summed E-state index contributed by atoms with van der Waals surface area (Å²) in [7, 11) is 0. The van der Waals surface area contributed by atoms with Crippen LogP contribution in [-0.4, -0.2) is 21.9 Å². The Hall–Kier alpha value is -3.28. The summed E-state index contributed by atoms with van der Waals surface area (Å²) in [6.45, 7) is 6.69. The van der Waals surface area contributed by atoms with Gasteiger partial charge in [-0.05, 0) is 29.5 Å². The zero-order chi connectivity index (χ0) is 20.1. The van der Waals surface area contributed by atoms with Gasteiger partial charge in [-0.15, -0.1) is 0 Å². The zero-order valence-corrected chi connectivity index (χ0v) is 16.3. The molecule has 3 rings (SSSR count). The molecule has 3 aromatic rings. The molecule has 6 nitrogen and oxygen atoms in total. The fraction of sp³-hybridized carbons (Fsp3) is 0.273. The van der Waals surface area contributed by atoms with Gasteiger partial charge < -0.3 is 0 Å². The Kier molecular flexibility index (Phi) is 5.99. The highest BCUT2D eigenvalue weighted by Gasteiger charge is 2.15. The van der Waals surface area contributed by atoms with Gasteiger partial charge >= 0.3 is 0 Å². The van der Waals surface area contributed by atoms with Crippen molar-refractivity contribution in [1.29, 1.82) is 0 Å². The Morgan fingerprint density at radius 1 is 1.14 bits per heavy atom. The summed E-state index contributed by atoms with van der Waals surface area (Å²) in [5.41, 5.74) is 4.65. The molecule has 0 aliphatic carbocycles. The molecule has 0 saturated heterocycles. The summed E-state index contributed by atoms with van der Waals surface area (Å²) >= 11 is 0. The van der Waals surface area contributed by atoms with E-state index >= 15 is 0 Å². The Balaban J connectivity index is 1.85. The number of nitrogens with one attached hydrogen (secondary N) is 1. The van der Waals surface area contributed by atoms with Crippen molar-refractivity contribution in [2.45, 2.75) is 39.7 Å². The van der Waals surface area contributed by atoms with Gasteiger partial charge in [-0.2, -0.15) is 10.2 Å². The van der Waals surface area contributed by atoms with Crippen LogP contribution in [0.15, 0.2) is 58.4 Å². The standard InChI is InChI=1S/C22H24N4O2/c1-4-13-26-22(28)19-8-6-5-7-18(19)20(25-26)21(27)24-23-14-16-9-11-17(12-10-16)15(2)3/h5-12,14-15H,4,13H2,1-3H3,(H,24,27)/b23-14-. The van der Waals surface area contributed by atoms with E-state index < -0.39 is 5.91 Å². The van der Waals surface area contributed by atoms with Gasteiger partial charge in [0.25, 0.3) is 11.5 Å². The molecule has 0 saturated carbocycles. The third-order valence-electron chi connectivity index (χ3n) is 4.50. The van der Waals surface area contributed by atoms with Gasteiger partial charge in [0.2, 0.25) is 0 Å². The minimum atomic E-state index is -0.448. The summed E-state index contributed by atoms with van der Waals surface area (Å²) in [6, 6.07) is 15.0. The number of hydrogen-bond donors (Lipinski definition) is 1. The van der Waals surface area contributed by atoms with Crippen molar-refractivity contribution in [3.63, 3.8) is 0 Å². The molecular formula is C22H24N4O2. The molecule has 0 unspecified atom stereocenters. The summed E-state index contributed by atoms with van der Waals surface area (Å²) < 4.78 is 1.34. The molecule has 144 valence electrons. The number of hydrogen-bond acceptors (Lipinski definition) is 4. The van der Waals surface area contributed by atoms with Gasteiger partial charge in [0, 0.05) is 11.9 Å². The van der Waals surface area contributed by atoms with Gasteiger partial charge in [-0.3, -0.25) is 9.59 Å². The number of fused-ring (bicyclic) bond motifs is 1. The average molecular weight is 376 g/mol. The van der Waals surface area contributed by atoms with Crippen molar-refractivity contribution < 1.29 is 4.79 Å². The zero-order valence-electron chi connectivity index (χ0n) is 16.3. The smallest absolute Gasteiger partial charge is 0.267 e. The first-order valence-electron chi connectivity index (χ1n) is 9.44. The topological polar surface area (TPSA) is 76.3 Å². The van der Waals surface area contributed by atoms with E-state index in [0.717, 1.165) is 12.0 Å². The molecule has 0 aliphatic rings. The summed E-state index contributed by atoms with van der Waals surface area (Å²) in [5, 5.41) is 9.31. The van der Waals surface area contributed by atoms with Crippen molar-refractivity contribution in [2.75, 3.05) is 0 Å². The summed E-state index contributed by atoms with van der Waals surface area (Å²) in [6.07, 6.45) is 2.34. The second-order valence-corrected chi connectivity index (χ2v) is 6.94. The number of nitrogens with zero attached hydrogens (tertiary/aromatic N) is 3. The molecule has 0 radical (unpaired) electrons. The maximum atomic E-state index is 12.7. The lowest BCUT2D eigenvalue weighted by atomic mass is 10.0. The van der Waals surface area contributed by atoms with E-state index in [1.54, 1.807) is 30.5 Å². The van der Waals surface area contributed by atoms with Crippen LogP contribution in [0.2, 0.25) is 0 Å². The third-order valence-corrected chi connectivity index (χ3v) is 4.50. The van der Waals surface area contributed by atoms with Crippen LogP contribution in [0.4, 0.5) is 0 Å². The highest BCUT2D eigenvalue weighted by atomic mass is 16.2. The molecule has 0 bridgehead atoms. The summed E-state index contributed by atoms with van der Waals surface area (Å²) in [4.78, 5) is 25.2. The molecule has 0 fully saturated rings. The van der Waals surface area contributed by atoms with Crippen LogP contribution < -0.4 is 11.0 Å². The van der Waals surface area contributed by atoms with Crippen LogP contribution in [-0.2, 0) is 6.54 Å². The van der Waals surface area contributed by atoms with Crippen LogP contribution in [0.5, 0.6) is 0 Å². The monoisotopic (exact) mass is 376 g/mol. The first kappa shape index (κ1) is 19.5. The number of benzene rings is 2. The SMILES string of the molecule is CCCn1nc(C(=O)N/N=C\c2ccc(C(C)C)cc2)c2ccccc2c1=O. The Bertz CT molecular complexity index is 1070. The fourth-order valence-corrected chi connectivity index (χ4v) is 2.95. The minimum Gasteiger partial charge on any atom is -0.267 e. The predicted molar refractivity (Wildman–Crippen MR) is 112 cm³/mol. The van der Waals surface area contributed by atoms with Crippen molar-refractivity contribution in [2.24, 2.45) is 5.10 Å². The average Bonchev–Trinajstić information content (AvgIpc) is 2.70. The maximum absolute atomic E-state index is 12.7. The molecule has 6 heteroatoms. The highest BCUT2D eigenvalue weighted by Crippen LogP contribution is 2.14. The van der Waals surface area contributed by atoms with E-state index in [1.807, 2.05) is 31.2 Å². The molecular weight excluding hydrogens is 352 g/mol. The number of aryl methyl sites for hydroxylation is 1. The molecule has 2 aromatic carbocycles.